The Labute approximate surface area is 111 Å². The summed E-state index contributed by atoms with van der Waals surface area (Å²) in [5.41, 5.74) is 6.04. The van der Waals surface area contributed by atoms with Crippen molar-refractivity contribution in [2.75, 3.05) is 6.54 Å². The summed E-state index contributed by atoms with van der Waals surface area (Å²) >= 11 is 0. The fourth-order valence-electron chi connectivity index (χ4n) is 3.47. The Morgan fingerprint density at radius 2 is 1.83 bits per heavy atom. The number of carbonyl (C=O) groups is 1. The minimum Gasteiger partial charge on any atom is -0.339 e. The van der Waals surface area contributed by atoms with Crippen molar-refractivity contribution in [1.82, 2.24) is 4.90 Å². The maximum Gasteiger partial charge on any atom is 0.225 e. The first-order valence-corrected chi connectivity index (χ1v) is 7.55. The standard InChI is InChI=1S/C15H28N2O/c1-10-4-5-12(3)17(9-10)15(18)13-6-7-14(16)11(2)8-13/h10-14H,4-9,16H2,1-3H3. The molecule has 1 amide bonds. The third-order valence-electron chi connectivity index (χ3n) is 4.99. The van der Waals surface area contributed by atoms with Gasteiger partial charge in [0.1, 0.15) is 0 Å². The van der Waals surface area contributed by atoms with Crippen LogP contribution in [0.5, 0.6) is 0 Å². The molecule has 0 spiro atoms. The highest BCUT2D eigenvalue weighted by Gasteiger charge is 2.35. The van der Waals surface area contributed by atoms with Gasteiger partial charge in [-0.15, -0.1) is 0 Å². The Morgan fingerprint density at radius 1 is 1.11 bits per heavy atom. The van der Waals surface area contributed by atoms with E-state index in [-0.39, 0.29) is 5.92 Å². The van der Waals surface area contributed by atoms with Crippen molar-refractivity contribution in [1.29, 1.82) is 0 Å². The van der Waals surface area contributed by atoms with E-state index in [2.05, 4.69) is 25.7 Å². The van der Waals surface area contributed by atoms with Gasteiger partial charge in [-0.25, -0.2) is 0 Å². The van der Waals surface area contributed by atoms with Crippen molar-refractivity contribution in [2.24, 2.45) is 23.5 Å². The molecule has 1 saturated carbocycles. The smallest absolute Gasteiger partial charge is 0.225 e. The lowest BCUT2D eigenvalue weighted by Gasteiger charge is -2.41. The topological polar surface area (TPSA) is 46.3 Å². The van der Waals surface area contributed by atoms with E-state index in [9.17, 15) is 4.79 Å². The highest BCUT2D eigenvalue weighted by molar-refractivity contribution is 5.79. The largest absolute Gasteiger partial charge is 0.339 e. The highest BCUT2D eigenvalue weighted by Crippen LogP contribution is 2.32. The molecule has 3 nitrogen and oxygen atoms in total. The van der Waals surface area contributed by atoms with E-state index < -0.39 is 0 Å². The third-order valence-corrected chi connectivity index (χ3v) is 4.99. The summed E-state index contributed by atoms with van der Waals surface area (Å²) in [5, 5.41) is 0. The second kappa shape index (κ2) is 5.60. The molecule has 3 heteroatoms. The van der Waals surface area contributed by atoms with Crippen molar-refractivity contribution in [2.45, 2.75) is 65.0 Å². The van der Waals surface area contributed by atoms with Gasteiger partial charge >= 0.3 is 0 Å². The molecule has 1 aliphatic carbocycles. The molecule has 1 aliphatic heterocycles. The lowest BCUT2D eigenvalue weighted by atomic mass is 9.78. The molecule has 2 fully saturated rings. The van der Waals surface area contributed by atoms with Crippen LogP contribution in [0.4, 0.5) is 0 Å². The summed E-state index contributed by atoms with van der Waals surface area (Å²) in [6.45, 7) is 7.59. The lowest BCUT2D eigenvalue weighted by Crippen LogP contribution is -2.49. The molecule has 5 unspecified atom stereocenters. The van der Waals surface area contributed by atoms with Crippen LogP contribution in [-0.4, -0.2) is 29.4 Å². The van der Waals surface area contributed by atoms with E-state index >= 15 is 0 Å². The van der Waals surface area contributed by atoms with Gasteiger partial charge in [-0.1, -0.05) is 13.8 Å². The second-order valence-corrected chi connectivity index (χ2v) is 6.67. The Hall–Kier alpha value is -0.570. The molecular weight excluding hydrogens is 224 g/mol. The van der Waals surface area contributed by atoms with Gasteiger partial charge in [-0.2, -0.15) is 0 Å². The molecule has 1 saturated heterocycles. The summed E-state index contributed by atoms with van der Waals surface area (Å²) in [7, 11) is 0. The number of hydrogen-bond acceptors (Lipinski definition) is 2. The molecule has 2 N–H and O–H groups in total. The van der Waals surface area contributed by atoms with Gasteiger partial charge in [0, 0.05) is 24.5 Å². The number of nitrogens with two attached hydrogens (primary N) is 1. The van der Waals surface area contributed by atoms with E-state index in [0.29, 0.717) is 29.8 Å². The van der Waals surface area contributed by atoms with Crippen molar-refractivity contribution < 1.29 is 4.79 Å². The number of piperidine rings is 1. The van der Waals surface area contributed by atoms with Crippen LogP contribution in [0.3, 0.4) is 0 Å². The van der Waals surface area contributed by atoms with Gasteiger partial charge < -0.3 is 10.6 Å². The van der Waals surface area contributed by atoms with E-state index in [4.69, 9.17) is 5.73 Å². The lowest BCUT2D eigenvalue weighted by molar-refractivity contribution is -0.141. The highest BCUT2D eigenvalue weighted by atomic mass is 16.2. The molecule has 0 radical (unpaired) electrons. The van der Waals surface area contributed by atoms with Gasteiger partial charge in [0.25, 0.3) is 0 Å². The number of rotatable bonds is 1. The quantitative estimate of drug-likeness (QED) is 0.779. The first-order chi connectivity index (χ1) is 8.49. The van der Waals surface area contributed by atoms with Gasteiger partial charge in [-0.05, 0) is 50.9 Å². The van der Waals surface area contributed by atoms with Crippen LogP contribution >= 0.6 is 0 Å². The molecule has 2 rings (SSSR count). The van der Waals surface area contributed by atoms with Crippen molar-refractivity contribution >= 4 is 5.91 Å². The SMILES string of the molecule is CC1CCC(C)N(C(=O)C2CCC(N)C(C)C2)C1. The Kier molecular flexibility index (Phi) is 4.31. The van der Waals surface area contributed by atoms with Gasteiger partial charge in [-0.3, -0.25) is 4.79 Å². The van der Waals surface area contributed by atoms with Gasteiger partial charge in [0.2, 0.25) is 5.91 Å². The normalized spacial score (nSPS) is 41.8. The monoisotopic (exact) mass is 252 g/mol. The molecular formula is C15H28N2O. The van der Waals surface area contributed by atoms with Crippen molar-refractivity contribution in [3.8, 4) is 0 Å². The summed E-state index contributed by atoms with van der Waals surface area (Å²) in [6, 6.07) is 0.728. The number of likely N-dealkylation sites (tertiary alicyclic amines) is 1. The summed E-state index contributed by atoms with van der Waals surface area (Å²) in [6.07, 6.45) is 5.40. The first kappa shape index (κ1) is 13.9. The van der Waals surface area contributed by atoms with Crippen LogP contribution in [0.1, 0.15) is 52.9 Å². The predicted octanol–water partition coefficient (Wildman–Crippen LogP) is 2.40. The molecule has 0 aromatic heterocycles. The molecule has 0 bridgehead atoms. The number of nitrogens with zero attached hydrogens (tertiary/aromatic N) is 1. The molecule has 0 aromatic rings. The summed E-state index contributed by atoms with van der Waals surface area (Å²) in [5.74, 6) is 1.78. The van der Waals surface area contributed by atoms with E-state index in [1.54, 1.807) is 0 Å². The van der Waals surface area contributed by atoms with Crippen LogP contribution in [0.15, 0.2) is 0 Å². The Bertz CT molecular complexity index is 305. The zero-order chi connectivity index (χ0) is 13.3. The molecule has 18 heavy (non-hydrogen) atoms. The predicted molar refractivity (Wildman–Crippen MR) is 74.1 cm³/mol. The number of hydrogen-bond donors (Lipinski definition) is 1. The van der Waals surface area contributed by atoms with Crippen LogP contribution in [0.25, 0.3) is 0 Å². The van der Waals surface area contributed by atoms with Crippen LogP contribution in [0, 0.1) is 17.8 Å². The molecule has 5 atom stereocenters. The van der Waals surface area contributed by atoms with E-state index in [1.165, 1.54) is 6.42 Å². The average molecular weight is 252 g/mol. The van der Waals surface area contributed by atoms with E-state index in [1.807, 2.05) is 0 Å². The molecule has 2 aliphatic rings. The minimum atomic E-state index is 0.229. The van der Waals surface area contributed by atoms with Crippen LogP contribution in [0.2, 0.25) is 0 Å². The number of carbonyl (C=O) groups excluding carboxylic acids is 1. The Morgan fingerprint density at radius 3 is 2.50 bits per heavy atom. The minimum absolute atomic E-state index is 0.229. The fourth-order valence-corrected chi connectivity index (χ4v) is 3.47. The first-order valence-electron chi connectivity index (χ1n) is 7.55. The molecule has 1 heterocycles. The molecule has 0 aromatic carbocycles. The van der Waals surface area contributed by atoms with Crippen LogP contribution < -0.4 is 5.73 Å². The van der Waals surface area contributed by atoms with Gasteiger partial charge in [0.05, 0.1) is 0 Å². The zero-order valence-corrected chi connectivity index (χ0v) is 12.1. The fraction of sp³-hybridized carbons (Fsp3) is 0.933. The van der Waals surface area contributed by atoms with Gasteiger partial charge in [0.15, 0.2) is 0 Å². The average Bonchev–Trinajstić information content (AvgIpc) is 2.35. The maximum absolute atomic E-state index is 12.6. The Balaban J connectivity index is 1.98. The second-order valence-electron chi connectivity index (χ2n) is 6.67. The maximum atomic E-state index is 12.6. The molecule has 104 valence electrons. The van der Waals surface area contributed by atoms with E-state index in [0.717, 1.165) is 32.2 Å². The third kappa shape index (κ3) is 2.87. The zero-order valence-electron chi connectivity index (χ0n) is 12.1. The summed E-state index contributed by atoms with van der Waals surface area (Å²) < 4.78 is 0. The summed E-state index contributed by atoms with van der Waals surface area (Å²) in [4.78, 5) is 14.8. The number of amides is 1. The van der Waals surface area contributed by atoms with Crippen molar-refractivity contribution in [3.05, 3.63) is 0 Å². The van der Waals surface area contributed by atoms with Crippen LogP contribution in [-0.2, 0) is 4.79 Å². The van der Waals surface area contributed by atoms with Crippen molar-refractivity contribution in [3.63, 3.8) is 0 Å².